The highest BCUT2D eigenvalue weighted by Gasteiger charge is 2.24. The molecule has 0 saturated heterocycles. The molecule has 0 aliphatic heterocycles. The predicted octanol–water partition coefficient (Wildman–Crippen LogP) is 17.5. The summed E-state index contributed by atoms with van der Waals surface area (Å²) < 4.78 is 0. The Labute approximate surface area is 369 Å². The number of benzene rings is 11. The van der Waals surface area contributed by atoms with E-state index in [2.05, 4.69) is 266 Å². The van der Waals surface area contributed by atoms with E-state index < -0.39 is 0 Å². The molecule has 0 aliphatic carbocycles. The van der Waals surface area contributed by atoms with E-state index in [1.807, 2.05) is 0 Å². The quantitative estimate of drug-likeness (QED) is 0.131. The Morgan fingerprint density at radius 2 is 0.619 bits per heavy atom. The molecule has 0 saturated carbocycles. The smallest absolute Gasteiger partial charge is 0.0546 e. The third-order valence-electron chi connectivity index (χ3n) is 12.2. The molecule has 0 amide bonds. The van der Waals surface area contributed by atoms with Gasteiger partial charge < -0.3 is 4.90 Å². The highest BCUT2D eigenvalue weighted by molar-refractivity contribution is 6.16. The van der Waals surface area contributed by atoms with Crippen molar-refractivity contribution >= 4 is 38.6 Å². The van der Waals surface area contributed by atoms with Crippen molar-refractivity contribution in [3.63, 3.8) is 0 Å². The summed E-state index contributed by atoms with van der Waals surface area (Å²) in [5.41, 5.74) is 17.4. The molecule has 0 fully saturated rings. The van der Waals surface area contributed by atoms with Gasteiger partial charge in [0.2, 0.25) is 0 Å². The predicted molar refractivity (Wildman–Crippen MR) is 269 cm³/mol. The van der Waals surface area contributed by atoms with Crippen molar-refractivity contribution < 1.29 is 0 Å². The second-order valence-electron chi connectivity index (χ2n) is 16.1. The molecule has 0 aliphatic rings. The zero-order valence-corrected chi connectivity index (χ0v) is 34.8. The molecule has 0 unspecified atom stereocenters. The first-order valence-corrected chi connectivity index (χ1v) is 21.7. The largest absolute Gasteiger partial charge is 0.310 e. The van der Waals surface area contributed by atoms with Gasteiger partial charge in [-0.3, -0.25) is 0 Å². The molecular formula is C62H43N. The molecule has 0 spiro atoms. The minimum absolute atomic E-state index is 1.08. The lowest BCUT2D eigenvalue weighted by Gasteiger charge is -2.30. The Morgan fingerprint density at radius 3 is 1.13 bits per heavy atom. The number of rotatable bonds is 9. The molecule has 296 valence electrons. The van der Waals surface area contributed by atoms with Crippen LogP contribution >= 0.6 is 0 Å². The van der Waals surface area contributed by atoms with Crippen LogP contribution in [0.15, 0.2) is 261 Å². The topological polar surface area (TPSA) is 3.24 Å². The molecule has 11 aromatic carbocycles. The van der Waals surface area contributed by atoms with Gasteiger partial charge in [0.1, 0.15) is 0 Å². The molecule has 0 atom stereocenters. The van der Waals surface area contributed by atoms with Crippen LogP contribution in [0.5, 0.6) is 0 Å². The molecule has 11 rings (SSSR count). The molecule has 1 nitrogen and oxygen atoms in total. The maximum atomic E-state index is 2.45. The molecule has 0 N–H and O–H groups in total. The molecule has 11 aromatic rings. The third-order valence-corrected chi connectivity index (χ3v) is 12.2. The second-order valence-corrected chi connectivity index (χ2v) is 16.1. The fourth-order valence-electron chi connectivity index (χ4n) is 9.18. The van der Waals surface area contributed by atoms with E-state index in [9.17, 15) is 0 Å². The van der Waals surface area contributed by atoms with Gasteiger partial charge in [0, 0.05) is 16.9 Å². The van der Waals surface area contributed by atoms with Crippen LogP contribution in [-0.4, -0.2) is 0 Å². The van der Waals surface area contributed by atoms with E-state index >= 15 is 0 Å². The zero-order chi connectivity index (χ0) is 42.0. The SMILES string of the molecule is c1ccc(-c2ccc(N(c3ccc(-c4ccccc4)cc3)c3cccc(-c4cc(-c5ccccc5)cc(-c5ccccc5)c4)c3-c3cc4ccccc4c4ccccc34)cc2)cc1. The van der Waals surface area contributed by atoms with Gasteiger partial charge in [-0.25, -0.2) is 0 Å². The van der Waals surface area contributed by atoms with Crippen LogP contribution in [0.2, 0.25) is 0 Å². The van der Waals surface area contributed by atoms with Gasteiger partial charge in [0.25, 0.3) is 0 Å². The van der Waals surface area contributed by atoms with Crippen LogP contribution in [-0.2, 0) is 0 Å². The lowest BCUT2D eigenvalue weighted by atomic mass is 9.85. The van der Waals surface area contributed by atoms with Crippen LogP contribution < -0.4 is 4.90 Å². The summed E-state index contributed by atoms with van der Waals surface area (Å²) in [6.45, 7) is 0. The van der Waals surface area contributed by atoms with E-state index in [-0.39, 0.29) is 0 Å². The first kappa shape index (κ1) is 37.7. The van der Waals surface area contributed by atoms with E-state index in [0.717, 1.165) is 28.2 Å². The number of fused-ring (bicyclic) bond motifs is 3. The van der Waals surface area contributed by atoms with Gasteiger partial charge >= 0.3 is 0 Å². The van der Waals surface area contributed by atoms with E-state index in [0.29, 0.717) is 0 Å². The summed E-state index contributed by atoms with van der Waals surface area (Å²) in [5.74, 6) is 0. The standard InChI is InChI=1S/C62H43N/c1-5-18-44(19-6-1)48-32-36-54(37-33-48)63(55-38-34-49(35-39-55)45-20-7-2-8-21-45)61-31-17-30-57(62(61)60-43-50-26-13-14-27-56(50)58-28-15-16-29-59(58)60)53-41-51(46-22-9-3-10-23-46)40-52(42-53)47-24-11-4-12-25-47/h1-43H. The van der Waals surface area contributed by atoms with Crippen molar-refractivity contribution in [3.05, 3.63) is 261 Å². The van der Waals surface area contributed by atoms with Crippen molar-refractivity contribution in [1.29, 1.82) is 0 Å². The fraction of sp³-hybridized carbons (Fsp3) is 0. The van der Waals surface area contributed by atoms with E-state index in [4.69, 9.17) is 0 Å². The third kappa shape index (κ3) is 7.37. The monoisotopic (exact) mass is 801 g/mol. The summed E-state index contributed by atoms with van der Waals surface area (Å²) in [6.07, 6.45) is 0. The van der Waals surface area contributed by atoms with Crippen LogP contribution in [0, 0.1) is 0 Å². The molecule has 0 radical (unpaired) electrons. The first-order chi connectivity index (χ1) is 31.2. The van der Waals surface area contributed by atoms with Gasteiger partial charge in [0.15, 0.2) is 0 Å². The molecule has 0 bridgehead atoms. The molecular weight excluding hydrogens is 759 g/mol. The molecule has 0 aromatic heterocycles. The highest BCUT2D eigenvalue weighted by Crippen LogP contribution is 2.49. The van der Waals surface area contributed by atoms with Gasteiger partial charge in [-0.05, 0) is 137 Å². The minimum atomic E-state index is 1.08. The summed E-state index contributed by atoms with van der Waals surface area (Å²) >= 11 is 0. The molecule has 63 heavy (non-hydrogen) atoms. The van der Waals surface area contributed by atoms with Gasteiger partial charge in [0.05, 0.1) is 5.69 Å². The maximum Gasteiger partial charge on any atom is 0.0546 e. The molecule has 1 heteroatoms. The van der Waals surface area contributed by atoms with Gasteiger partial charge in [-0.2, -0.15) is 0 Å². The van der Waals surface area contributed by atoms with Gasteiger partial charge in [-0.1, -0.05) is 206 Å². The Morgan fingerprint density at radius 1 is 0.222 bits per heavy atom. The lowest BCUT2D eigenvalue weighted by Crippen LogP contribution is -2.12. The van der Waals surface area contributed by atoms with Crippen LogP contribution in [0.1, 0.15) is 0 Å². The number of anilines is 3. The second kappa shape index (κ2) is 16.7. The van der Waals surface area contributed by atoms with E-state index in [1.165, 1.54) is 77.2 Å². The van der Waals surface area contributed by atoms with Crippen molar-refractivity contribution in [2.45, 2.75) is 0 Å². The van der Waals surface area contributed by atoms with Gasteiger partial charge in [-0.15, -0.1) is 0 Å². The average Bonchev–Trinajstić information content (AvgIpc) is 3.37. The van der Waals surface area contributed by atoms with Crippen molar-refractivity contribution in [2.24, 2.45) is 0 Å². The number of nitrogens with zero attached hydrogens (tertiary/aromatic N) is 1. The number of hydrogen-bond donors (Lipinski definition) is 0. The zero-order valence-electron chi connectivity index (χ0n) is 34.8. The average molecular weight is 802 g/mol. The number of hydrogen-bond acceptors (Lipinski definition) is 1. The fourth-order valence-corrected chi connectivity index (χ4v) is 9.18. The lowest BCUT2D eigenvalue weighted by molar-refractivity contribution is 1.28. The summed E-state index contributed by atoms with van der Waals surface area (Å²) in [5, 5.41) is 4.91. The Balaban J connectivity index is 1.21. The summed E-state index contributed by atoms with van der Waals surface area (Å²) in [7, 11) is 0. The summed E-state index contributed by atoms with van der Waals surface area (Å²) in [4.78, 5) is 2.45. The van der Waals surface area contributed by atoms with Crippen molar-refractivity contribution in [3.8, 4) is 66.8 Å². The van der Waals surface area contributed by atoms with Crippen molar-refractivity contribution in [1.82, 2.24) is 0 Å². The van der Waals surface area contributed by atoms with E-state index in [1.54, 1.807) is 0 Å². The van der Waals surface area contributed by atoms with Crippen LogP contribution in [0.25, 0.3) is 88.3 Å². The van der Waals surface area contributed by atoms with Crippen molar-refractivity contribution in [2.75, 3.05) is 4.90 Å². The Bertz CT molecular complexity index is 3200. The maximum absolute atomic E-state index is 2.45. The normalized spacial score (nSPS) is 11.2. The minimum Gasteiger partial charge on any atom is -0.310 e. The van der Waals surface area contributed by atoms with Crippen LogP contribution in [0.3, 0.4) is 0 Å². The first-order valence-electron chi connectivity index (χ1n) is 21.7. The summed E-state index contributed by atoms with van der Waals surface area (Å²) in [6, 6.07) is 94.9. The molecule has 0 heterocycles. The Hall–Kier alpha value is -8.26. The highest BCUT2D eigenvalue weighted by atomic mass is 15.1. The Kier molecular flexibility index (Phi) is 9.97. The van der Waals surface area contributed by atoms with Crippen LogP contribution in [0.4, 0.5) is 17.1 Å².